The molecule has 0 bridgehead atoms. The van der Waals surface area contributed by atoms with Gasteiger partial charge in [0, 0.05) is 25.4 Å². The van der Waals surface area contributed by atoms with E-state index in [2.05, 4.69) is 4.90 Å². The van der Waals surface area contributed by atoms with Crippen molar-refractivity contribution in [3.63, 3.8) is 0 Å². The van der Waals surface area contributed by atoms with Crippen LogP contribution < -0.4 is 4.90 Å². The number of phenols is 1. The number of rotatable bonds is 6. The monoisotopic (exact) mass is 321 g/mol. The first-order valence-corrected chi connectivity index (χ1v) is 8.70. The van der Waals surface area contributed by atoms with Crippen molar-refractivity contribution < 1.29 is 19.3 Å². The van der Waals surface area contributed by atoms with Gasteiger partial charge in [0.1, 0.15) is 5.75 Å². The number of phenolic OH excluding ortho intramolecular Hbond substituents is 1. The minimum atomic E-state index is -0.0244. The van der Waals surface area contributed by atoms with Crippen LogP contribution >= 0.6 is 0 Å². The summed E-state index contributed by atoms with van der Waals surface area (Å²) in [6, 6.07) is 7.41. The fourth-order valence-electron chi connectivity index (χ4n) is 3.18. The Bertz CT molecular complexity index is 451. The smallest absolute Gasteiger partial charge is 0.157 e. The van der Waals surface area contributed by atoms with E-state index in [4.69, 9.17) is 14.2 Å². The average Bonchev–Trinajstić information content (AvgIpc) is 2.61. The van der Waals surface area contributed by atoms with Crippen LogP contribution in [-0.2, 0) is 14.2 Å². The van der Waals surface area contributed by atoms with Crippen molar-refractivity contribution in [1.29, 1.82) is 0 Å². The quantitative estimate of drug-likeness (QED) is 0.817. The first-order valence-electron chi connectivity index (χ1n) is 8.70. The average molecular weight is 321 g/mol. The highest BCUT2D eigenvalue weighted by Gasteiger charge is 2.20. The van der Waals surface area contributed by atoms with Crippen LogP contribution in [0.15, 0.2) is 24.3 Å². The number of aromatic hydroxyl groups is 1. The molecule has 1 N–H and O–H groups in total. The summed E-state index contributed by atoms with van der Waals surface area (Å²) < 4.78 is 17.2. The molecule has 2 fully saturated rings. The Hall–Kier alpha value is -1.30. The molecule has 0 aliphatic carbocycles. The second kappa shape index (κ2) is 8.52. The zero-order valence-corrected chi connectivity index (χ0v) is 13.7. The van der Waals surface area contributed by atoms with Crippen LogP contribution in [0.3, 0.4) is 0 Å². The van der Waals surface area contributed by atoms with Gasteiger partial charge in [0.2, 0.25) is 0 Å². The lowest BCUT2D eigenvalue weighted by atomic mass is 10.1. The third-order valence-corrected chi connectivity index (χ3v) is 4.54. The van der Waals surface area contributed by atoms with Crippen molar-refractivity contribution in [2.75, 3.05) is 37.8 Å². The zero-order valence-electron chi connectivity index (χ0n) is 13.7. The van der Waals surface area contributed by atoms with Crippen molar-refractivity contribution in [3.8, 4) is 5.75 Å². The molecule has 2 aliphatic heterocycles. The van der Waals surface area contributed by atoms with E-state index in [1.165, 1.54) is 12.1 Å². The van der Waals surface area contributed by atoms with Gasteiger partial charge in [-0.1, -0.05) is 0 Å². The van der Waals surface area contributed by atoms with Gasteiger partial charge < -0.3 is 24.2 Å². The number of anilines is 1. The van der Waals surface area contributed by atoms with Gasteiger partial charge in [-0.2, -0.15) is 0 Å². The van der Waals surface area contributed by atoms with E-state index >= 15 is 0 Å². The standard InChI is InChI=1S/C18H27NO4/c20-16-6-4-15(5-7-16)19-10-8-17(9-11-19)21-13-14-23-18-3-1-2-12-22-18/h4-7,17-18,20H,1-3,8-14H2. The molecule has 1 aromatic carbocycles. The Kier molecular flexibility index (Phi) is 6.13. The van der Waals surface area contributed by atoms with Gasteiger partial charge in [-0.25, -0.2) is 0 Å². The van der Waals surface area contributed by atoms with Crippen LogP contribution in [0.1, 0.15) is 32.1 Å². The van der Waals surface area contributed by atoms with Crippen molar-refractivity contribution in [1.82, 2.24) is 0 Å². The molecule has 5 heteroatoms. The molecule has 0 amide bonds. The first kappa shape index (κ1) is 16.6. The van der Waals surface area contributed by atoms with E-state index < -0.39 is 0 Å². The first-order chi connectivity index (χ1) is 11.3. The van der Waals surface area contributed by atoms with Crippen LogP contribution in [0, 0.1) is 0 Å². The van der Waals surface area contributed by atoms with Gasteiger partial charge >= 0.3 is 0 Å². The van der Waals surface area contributed by atoms with Crippen molar-refractivity contribution in [2.24, 2.45) is 0 Å². The minimum Gasteiger partial charge on any atom is -0.508 e. The Morgan fingerprint density at radius 1 is 1.00 bits per heavy atom. The summed E-state index contributed by atoms with van der Waals surface area (Å²) in [6.07, 6.45) is 5.70. The maximum atomic E-state index is 9.35. The summed E-state index contributed by atoms with van der Waals surface area (Å²) in [7, 11) is 0. The van der Waals surface area contributed by atoms with Gasteiger partial charge in [-0.15, -0.1) is 0 Å². The Morgan fingerprint density at radius 2 is 1.74 bits per heavy atom. The second-order valence-corrected chi connectivity index (χ2v) is 6.24. The molecule has 128 valence electrons. The number of hydrogen-bond acceptors (Lipinski definition) is 5. The van der Waals surface area contributed by atoms with Crippen LogP contribution in [0.25, 0.3) is 0 Å². The summed E-state index contributed by atoms with van der Waals surface area (Å²) in [5.74, 6) is 0.314. The summed E-state index contributed by atoms with van der Waals surface area (Å²) in [5, 5.41) is 9.35. The van der Waals surface area contributed by atoms with Crippen LogP contribution in [0.5, 0.6) is 5.75 Å². The number of ether oxygens (including phenoxy) is 3. The fourth-order valence-corrected chi connectivity index (χ4v) is 3.18. The van der Waals surface area contributed by atoms with Gasteiger partial charge in [-0.3, -0.25) is 0 Å². The number of nitrogens with zero attached hydrogens (tertiary/aromatic N) is 1. The van der Waals surface area contributed by atoms with Crippen LogP contribution in [0.2, 0.25) is 0 Å². The molecule has 0 saturated carbocycles. The molecule has 0 radical (unpaired) electrons. The predicted molar refractivity (Wildman–Crippen MR) is 88.8 cm³/mol. The van der Waals surface area contributed by atoms with E-state index in [-0.39, 0.29) is 6.29 Å². The second-order valence-electron chi connectivity index (χ2n) is 6.24. The molecule has 0 spiro atoms. The normalized spacial score (nSPS) is 23.1. The molecule has 5 nitrogen and oxygen atoms in total. The molecule has 0 aromatic heterocycles. The van der Waals surface area contributed by atoms with E-state index in [0.717, 1.165) is 45.4 Å². The molecule has 3 rings (SSSR count). The lowest BCUT2D eigenvalue weighted by Crippen LogP contribution is -2.37. The number of piperidine rings is 1. The predicted octanol–water partition coefficient (Wildman–Crippen LogP) is 2.92. The van der Waals surface area contributed by atoms with E-state index in [1.54, 1.807) is 12.1 Å². The highest BCUT2D eigenvalue weighted by Crippen LogP contribution is 2.23. The van der Waals surface area contributed by atoms with Gasteiger partial charge in [0.25, 0.3) is 0 Å². The third-order valence-electron chi connectivity index (χ3n) is 4.54. The highest BCUT2D eigenvalue weighted by molar-refractivity contribution is 5.49. The summed E-state index contributed by atoms with van der Waals surface area (Å²) in [6.45, 7) is 4.05. The van der Waals surface area contributed by atoms with E-state index in [9.17, 15) is 5.11 Å². The van der Waals surface area contributed by atoms with E-state index in [1.807, 2.05) is 12.1 Å². The molecular weight excluding hydrogens is 294 g/mol. The highest BCUT2D eigenvalue weighted by atomic mass is 16.7. The number of hydrogen-bond donors (Lipinski definition) is 1. The number of benzene rings is 1. The molecule has 1 aromatic rings. The lowest BCUT2D eigenvalue weighted by molar-refractivity contribution is -0.171. The zero-order chi connectivity index (χ0) is 15.9. The van der Waals surface area contributed by atoms with Crippen LogP contribution in [-0.4, -0.2) is 50.4 Å². The van der Waals surface area contributed by atoms with Gasteiger partial charge in [0.15, 0.2) is 6.29 Å². The maximum absolute atomic E-state index is 9.35. The summed E-state index contributed by atoms with van der Waals surface area (Å²) >= 11 is 0. The Labute approximate surface area is 138 Å². The van der Waals surface area contributed by atoms with E-state index in [0.29, 0.717) is 25.1 Å². The summed E-state index contributed by atoms with van der Waals surface area (Å²) in [5.41, 5.74) is 1.17. The Morgan fingerprint density at radius 3 is 2.43 bits per heavy atom. The molecule has 1 unspecified atom stereocenters. The molecule has 2 saturated heterocycles. The molecule has 2 heterocycles. The van der Waals surface area contributed by atoms with Crippen molar-refractivity contribution >= 4 is 5.69 Å². The maximum Gasteiger partial charge on any atom is 0.157 e. The minimum absolute atomic E-state index is 0.0244. The SMILES string of the molecule is Oc1ccc(N2CCC(OCCOC3CCCCO3)CC2)cc1. The largest absolute Gasteiger partial charge is 0.508 e. The lowest BCUT2D eigenvalue weighted by Gasteiger charge is -2.33. The third kappa shape index (κ3) is 5.09. The Balaban J connectivity index is 1.30. The van der Waals surface area contributed by atoms with Crippen molar-refractivity contribution in [2.45, 2.75) is 44.5 Å². The van der Waals surface area contributed by atoms with Gasteiger partial charge in [0.05, 0.1) is 19.3 Å². The van der Waals surface area contributed by atoms with Crippen molar-refractivity contribution in [3.05, 3.63) is 24.3 Å². The topological polar surface area (TPSA) is 51.2 Å². The van der Waals surface area contributed by atoms with Gasteiger partial charge in [-0.05, 0) is 56.4 Å². The molecule has 2 aliphatic rings. The fraction of sp³-hybridized carbons (Fsp3) is 0.667. The van der Waals surface area contributed by atoms with Crippen LogP contribution in [0.4, 0.5) is 5.69 Å². The molecule has 23 heavy (non-hydrogen) atoms. The molecule has 1 atom stereocenters. The molecular formula is C18H27NO4. The summed E-state index contributed by atoms with van der Waals surface area (Å²) in [4.78, 5) is 2.34.